The number of nitrogens with one attached hydrogen (secondary N) is 1. The summed E-state index contributed by atoms with van der Waals surface area (Å²) in [6, 6.07) is 10.0. The molecule has 0 aliphatic carbocycles. The van der Waals surface area contributed by atoms with Crippen LogP contribution in [-0.4, -0.2) is 27.7 Å². The molecule has 4 nitrogen and oxygen atoms in total. The van der Waals surface area contributed by atoms with Gasteiger partial charge in [0.15, 0.2) is 5.82 Å². The van der Waals surface area contributed by atoms with Crippen molar-refractivity contribution in [3.63, 3.8) is 0 Å². The maximum absolute atomic E-state index is 12.8. The quantitative estimate of drug-likeness (QED) is 0.858. The minimum Gasteiger partial charge on any atom is -0.393 e. The average molecular weight is 289 g/mol. The van der Waals surface area contributed by atoms with Crippen LogP contribution in [0.5, 0.6) is 0 Å². The Labute approximate surface area is 124 Å². The van der Waals surface area contributed by atoms with Crippen molar-refractivity contribution >= 4 is 5.95 Å². The lowest BCUT2D eigenvalue weighted by molar-refractivity contribution is 0.0619. The van der Waals surface area contributed by atoms with Gasteiger partial charge < -0.3 is 10.4 Å². The van der Waals surface area contributed by atoms with E-state index in [1.54, 1.807) is 6.92 Å². The molecule has 0 unspecified atom stereocenters. The monoisotopic (exact) mass is 289 g/mol. The highest BCUT2D eigenvalue weighted by Crippen LogP contribution is 2.27. The number of nitrogens with zero attached hydrogens (tertiary/aromatic N) is 2. The smallest absolute Gasteiger partial charge is 0.222 e. The molecule has 2 N–H and O–H groups in total. The first-order valence-corrected chi connectivity index (χ1v) is 6.93. The van der Waals surface area contributed by atoms with Crippen molar-refractivity contribution < 1.29 is 9.50 Å². The van der Waals surface area contributed by atoms with Crippen LogP contribution in [0.2, 0.25) is 0 Å². The van der Waals surface area contributed by atoms with Gasteiger partial charge in [-0.3, -0.25) is 0 Å². The van der Waals surface area contributed by atoms with E-state index in [0.717, 1.165) is 24.4 Å². The number of rotatable bonds is 6. The van der Waals surface area contributed by atoms with Gasteiger partial charge in [0.1, 0.15) is 0 Å². The lowest BCUT2D eigenvalue weighted by Gasteiger charge is -2.33. The molecule has 0 saturated carbocycles. The first kappa shape index (κ1) is 15.4. The van der Waals surface area contributed by atoms with Gasteiger partial charge in [-0.25, -0.2) is 14.4 Å². The van der Waals surface area contributed by atoms with Crippen LogP contribution in [0.4, 0.5) is 10.3 Å². The third-order valence-corrected chi connectivity index (χ3v) is 3.73. The van der Waals surface area contributed by atoms with Gasteiger partial charge in [-0.1, -0.05) is 37.3 Å². The summed E-state index contributed by atoms with van der Waals surface area (Å²) in [5, 5.41) is 13.2. The standard InChI is InChI=1S/C16H20FN3O/c1-12(21)16(2,8-13-6-4-3-5-7-13)11-20-15-18-9-14(17)10-19-15/h3-7,9-10,12,21H,8,11H2,1-2H3,(H,18,19,20)/t12-,16+/m0/s1. The average Bonchev–Trinajstić information content (AvgIpc) is 2.47. The highest BCUT2D eigenvalue weighted by atomic mass is 19.1. The Hall–Kier alpha value is -2.01. The van der Waals surface area contributed by atoms with E-state index in [0.29, 0.717) is 12.5 Å². The summed E-state index contributed by atoms with van der Waals surface area (Å²) in [6.07, 6.45) is 2.45. The third-order valence-electron chi connectivity index (χ3n) is 3.73. The molecule has 0 spiro atoms. The minimum absolute atomic E-state index is 0.358. The number of benzene rings is 1. The van der Waals surface area contributed by atoms with Crippen LogP contribution in [0.3, 0.4) is 0 Å². The molecule has 112 valence electrons. The number of hydrogen-bond donors (Lipinski definition) is 2. The normalized spacial score (nSPS) is 15.2. The lowest BCUT2D eigenvalue weighted by atomic mass is 9.79. The molecule has 0 fully saturated rings. The molecule has 0 amide bonds. The maximum Gasteiger partial charge on any atom is 0.222 e. The van der Waals surface area contributed by atoms with Gasteiger partial charge in [0.2, 0.25) is 5.95 Å². The summed E-state index contributed by atoms with van der Waals surface area (Å²) in [5.74, 6) is -0.112. The molecular formula is C16H20FN3O. The fraction of sp³-hybridized carbons (Fsp3) is 0.375. The molecule has 2 rings (SSSR count). The van der Waals surface area contributed by atoms with Crippen molar-refractivity contribution in [3.05, 3.63) is 54.1 Å². The highest BCUT2D eigenvalue weighted by Gasteiger charge is 2.30. The fourth-order valence-corrected chi connectivity index (χ4v) is 2.10. The Morgan fingerprint density at radius 1 is 1.24 bits per heavy atom. The molecule has 21 heavy (non-hydrogen) atoms. The van der Waals surface area contributed by atoms with Crippen LogP contribution in [-0.2, 0) is 6.42 Å². The summed E-state index contributed by atoms with van der Waals surface area (Å²) >= 11 is 0. The van der Waals surface area contributed by atoms with Crippen LogP contribution >= 0.6 is 0 Å². The molecule has 1 aromatic heterocycles. The maximum atomic E-state index is 12.8. The number of halogens is 1. The van der Waals surface area contributed by atoms with Crippen LogP contribution in [0, 0.1) is 11.2 Å². The predicted octanol–water partition coefficient (Wildman–Crippen LogP) is 2.66. The van der Waals surface area contributed by atoms with E-state index in [9.17, 15) is 9.50 Å². The molecule has 2 aromatic rings. The molecule has 1 aromatic carbocycles. The lowest BCUT2D eigenvalue weighted by Crippen LogP contribution is -2.39. The summed E-state index contributed by atoms with van der Waals surface area (Å²) in [4.78, 5) is 7.74. The first-order chi connectivity index (χ1) is 9.99. The van der Waals surface area contributed by atoms with Gasteiger partial charge in [0.05, 0.1) is 18.5 Å². The second kappa shape index (κ2) is 6.63. The summed E-state index contributed by atoms with van der Waals surface area (Å²) < 4.78 is 12.8. The number of aromatic nitrogens is 2. The van der Waals surface area contributed by atoms with E-state index in [1.807, 2.05) is 37.3 Å². The van der Waals surface area contributed by atoms with Crippen molar-refractivity contribution in [2.75, 3.05) is 11.9 Å². The predicted molar refractivity (Wildman–Crippen MR) is 80.4 cm³/mol. The van der Waals surface area contributed by atoms with Crippen LogP contribution < -0.4 is 5.32 Å². The Morgan fingerprint density at radius 2 is 1.86 bits per heavy atom. The SMILES string of the molecule is C[C@H](O)[C@@](C)(CNc1ncc(F)cn1)Cc1ccccc1. The highest BCUT2D eigenvalue weighted by molar-refractivity contribution is 5.24. The van der Waals surface area contributed by atoms with Crippen molar-refractivity contribution in [2.24, 2.45) is 5.41 Å². The van der Waals surface area contributed by atoms with Gasteiger partial charge in [0.25, 0.3) is 0 Å². The van der Waals surface area contributed by atoms with Crippen LogP contribution in [0.25, 0.3) is 0 Å². The number of aliphatic hydroxyl groups is 1. The van der Waals surface area contributed by atoms with E-state index in [4.69, 9.17) is 0 Å². The Balaban J connectivity index is 2.05. The molecule has 0 aliphatic rings. The van der Waals surface area contributed by atoms with Gasteiger partial charge in [-0.15, -0.1) is 0 Å². The number of anilines is 1. The minimum atomic E-state index is -0.509. The van der Waals surface area contributed by atoms with Crippen molar-refractivity contribution in [1.29, 1.82) is 0 Å². The molecule has 5 heteroatoms. The van der Waals surface area contributed by atoms with E-state index >= 15 is 0 Å². The van der Waals surface area contributed by atoms with Gasteiger partial charge in [-0.2, -0.15) is 0 Å². The zero-order valence-electron chi connectivity index (χ0n) is 12.3. The Bertz CT molecular complexity index is 559. The van der Waals surface area contributed by atoms with Crippen LogP contribution in [0.15, 0.2) is 42.7 Å². The van der Waals surface area contributed by atoms with Crippen molar-refractivity contribution in [2.45, 2.75) is 26.4 Å². The van der Waals surface area contributed by atoms with E-state index in [1.165, 1.54) is 0 Å². The topological polar surface area (TPSA) is 58.0 Å². The van der Waals surface area contributed by atoms with Gasteiger partial charge >= 0.3 is 0 Å². The molecule has 0 radical (unpaired) electrons. The van der Waals surface area contributed by atoms with Crippen molar-refractivity contribution in [3.8, 4) is 0 Å². The number of hydrogen-bond acceptors (Lipinski definition) is 4. The zero-order chi connectivity index (χ0) is 15.3. The Morgan fingerprint density at radius 3 is 2.43 bits per heavy atom. The van der Waals surface area contributed by atoms with Crippen LogP contribution in [0.1, 0.15) is 19.4 Å². The zero-order valence-corrected chi connectivity index (χ0v) is 12.3. The van der Waals surface area contributed by atoms with Gasteiger partial charge in [0, 0.05) is 12.0 Å². The van der Waals surface area contributed by atoms with E-state index in [-0.39, 0.29) is 5.41 Å². The number of aliphatic hydroxyl groups excluding tert-OH is 1. The molecule has 2 atom stereocenters. The molecule has 0 saturated heterocycles. The second-order valence-corrected chi connectivity index (χ2v) is 5.57. The summed E-state index contributed by atoms with van der Waals surface area (Å²) in [6.45, 7) is 4.27. The van der Waals surface area contributed by atoms with Gasteiger partial charge in [-0.05, 0) is 18.9 Å². The van der Waals surface area contributed by atoms with E-state index in [2.05, 4.69) is 15.3 Å². The van der Waals surface area contributed by atoms with E-state index < -0.39 is 11.9 Å². The largest absolute Gasteiger partial charge is 0.393 e. The Kier molecular flexibility index (Phi) is 4.85. The van der Waals surface area contributed by atoms with Crippen molar-refractivity contribution in [1.82, 2.24) is 9.97 Å². The third kappa shape index (κ3) is 4.23. The molecule has 0 aliphatic heterocycles. The summed E-state index contributed by atoms with van der Waals surface area (Å²) in [7, 11) is 0. The molecule has 1 heterocycles. The second-order valence-electron chi connectivity index (χ2n) is 5.57. The molecular weight excluding hydrogens is 269 g/mol. The first-order valence-electron chi connectivity index (χ1n) is 6.93. The fourth-order valence-electron chi connectivity index (χ4n) is 2.10. The summed E-state index contributed by atoms with van der Waals surface area (Å²) in [5.41, 5.74) is 0.779. The molecule has 0 bridgehead atoms.